The molecule has 34 heavy (non-hydrogen) atoms. The zero-order valence-electron chi connectivity index (χ0n) is 19.2. The van der Waals surface area contributed by atoms with Crippen molar-refractivity contribution < 1.29 is 13.2 Å². The third-order valence-corrected chi connectivity index (χ3v) is 11.3. The molecule has 8 heteroatoms. The lowest BCUT2D eigenvalue weighted by Gasteiger charge is -2.59. The molecule has 1 aliphatic heterocycles. The number of hydrogen-bond acceptors (Lipinski definition) is 5. The van der Waals surface area contributed by atoms with Gasteiger partial charge in [0.05, 0.1) is 17.0 Å². The topological polar surface area (TPSA) is 117 Å². The van der Waals surface area contributed by atoms with E-state index >= 15 is 0 Å². The van der Waals surface area contributed by atoms with Crippen LogP contribution in [0.5, 0.6) is 0 Å². The van der Waals surface area contributed by atoms with Crippen LogP contribution in [0.4, 0.5) is 0 Å². The van der Waals surface area contributed by atoms with Gasteiger partial charge in [0.25, 0.3) is 0 Å². The summed E-state index contributed by atoms with van der Waals surface area (Å²) in [5.74, 6) is 0.999. The summed E-state index contributed by atoms with van der Waals surface area (Å²) in [6, 6.07) is 11.4. The van der Waals surface area contributed by atoms with Gasteiger partial charge < -0.3 is 5.73 Å². The van der Waals surface area contributed by atoms with E-state index in [2.05, 4.69) is 11.1 Å². The number of primary amides is 1. The fraction of sp³-hybridized carbons (Fsp3) is 0.577. The molecule has 0 radical (unpaired) electrons. The van der Waals surface area contributed by atoms with Gasteiger partial charge in [-0.1, -0.05) is 18.2 Å². The van der Waals surface area contributed by atoms with Gasteiger partial charge >= 0.3 is 0 Å². The highest BCUT2D eigenvalue weighted by molar-refractivity contribution is 7.89. The molecule has 1 amide bonds. The smallest absolute Gasteiger partial charge is 0.246 e. The fourth-order valence-electron chi connectivity index (χ4n) is 8.15. The molecule has 5 aliphatic rings. The quantitative estimate of drug-likeness (QED) is 0.705. The Morgan fingerprint density at radius 2 is 1.91 bits per heavy atom. The number of para-hydroxylation sites is 1. The number of carbonyl (C=O) groups excluding carboxylic acids is 1. The minimum absolute atomic E-state index is 0.131. The second-order valence-corrected chi connectivity index (χ2v) is 13.0. The number of fused-ring (bicyclic) bond motifs is 1. The van der Waals surface area contributed by atoms with Crippen LogP contribution in [-0.4, -0.2) is 35.7 Å². The maximum Gasteiger partial charge on any atom is 0.246 e. The number of pyridine rings is 1. The highest BCUT2D eigenvalue weighted by Crippen LogP contribution is 2.63. The van der Waals surface area contributed by atoms with Gasteiger partial charge in [0.15, 0.2) is 0 Å². The van der Waals surface area contributed by atoms with Crippen LogP contribution in [0.1, 0.15) is 51.4 Å². The Bertz CT molecular complexity index is 1300. The number of nitrogens with zero attached hydrogens (tertiary/aromatic N) is 3. The van der Waals surface area contributed by atoms with Crippen molar-refractivity contribution in [3.63, 3.8) is 0 Å². The molecule has 0 spiro atoms. The molecule has 1 aromatic carbocycles. The minimum atomic E-state index is -3.99. The largest absolute Gasteiger partial charge is 0.368 e. The second-order valence-electron chi connectivity index (χ2n) is 11.1. The molecule has 3 atom stereocenters. The van der Waals surface area contributed by atoms with Gasteiger partial charge in [0, 0.05) is 18.1 Å². The normalized spacial score (nSPS) is 37.1. The molecule has 1 saturated heterocycles. The number of nitrogens with two attached hydrogens (primary N) is 1. The molecular formula is C26H30N4O3S. The van der Waals surface area contributed by atoms with Gasteiger partial charge in [0.1, 0.15) is 10.4 Å². The molecule has 7 nitrogen and oxygen atoms in total. The lowest BCUT2D eigenvalue weighted by atomic mass is 9.45. The number of amides is 1. The molecule has 2 aromatic rings. The Morgan fingerprint density at radius 3 is 2.62 bits per heavy atom. The van der Waals surface area contributed by atoms with Crippen LogP contribution in [0, 0.1) is 40.4 Å². The fourth-order valence-corrected chi connectivity index (χ4v) is 10.1. The predicted molar refractivity (Wildman–Crippen MR) is 127 cm³/mol. The summed E-state index contributed by atoms with van der Waals surface area (Å²) in [6.45, 7) is 0.279. The summed E-state index contributed by atoms with van der Waals surface area (Å²) < 4.78 is 29.5. The van der Waals surface area contributed by atoms with Gasteiger partial charge in [0.2, 0.25) is 15.9 Å². The zero-order valence-corrected chi connectivity index (χ0v) is 20.0. The number of carbonyl (C=O) groups is 1. The summed E-state index contributed by atoms with van der Waals surface area (Å²) in [4.78, 5) is 17.6. The molecule has 4 saturated carbocycles. The first-order valence-corrected chi connectivity index (χ1v) is 13.8. The van der Waals surface area contributed by atoms with Crippen LogP contribution in [0.2, 0.25) is 0 Å². The number of benzene rings is 1. The first kappa shape index (κ1) is 22.0. The van der Waals surface area contributed by atoms with E-state index < -0.39 is 21.5 Å². The monoisotopic (exact) mass is 478 g/mol. The van der Waals surface area contributed by atoms with Gasteiger partial charge in [-0.25, -0.2) is 8.42 Å². The first-order chi connectivity index (χ1) is 16.3. The van der Waals surface area contributed by atoms with Crippen LogP contribution in [-0.2, 0) is 14.8 Å². The number of rotatable bonds is 5. The van der Waals surface area contributed by atoms with E-state index in [1.54, 1.807) is 24.4 Å². The molecule has 2 N–H and O–H groups in total. The number of sulfonamides is 1. The average molecular weight is 479 g/mol. The van der Waals surface area contributed by atoms with Crippen LogP contribution < -0.4 is 5.73 Å². The Hall–Kier alpha value is -2.50. The number of hydrogen-bond donors (Lipinski definition) is 1. The third kappa shape index (κ3) is 3.06. The Balaban J connectivity index is 1.39. The maximum absolute atomic E-state index is 14.0. The van der Waals surface area contributed by atoms with Crippen molar-refractivity contribution in [1.29, 1.82) is 5.26 Å². The van der Waals surface area contributed by atoms with Crippen LogP contribution >= 0.6 is 0 Å². The lowest BCUT2D eigenvalue weighted by molar-refractivity contribution is -0.131. The Kier molecular flexibility index (Phi) is 4.85. The molecule has 2 unspecified atom stereocenters. The molecular weight excluding hydrogens is 448 g/mol. The summed E-state index contributed by atoms with van der Waals surface area (Å²) in [7, 11) is -3.99. The highest BCUT2D eigenvalue weighted by atomic mass is 32.2. The van der Waals surface area contributed by atoms with E-state index in [1.807, 2.05) is 12.1 Å². The first-order valence-electron chi connectivity index (χ1n) is 12.4. The second kappa shape index (κ2) is 7.50. The van der Waals surface area contributed by atoms with Gasteiger partial charge in [-0.05, 0) is 87.2 Å². The van der Waals surface area contributed by atoms with Crippen molar-refractivity contribution in [3.8, 4) is 6.07 Å². The van der Waals surface area contributed by atoms with Crippen LogP contribution in [0.25, 0.3) is 10.9 Å². The van der Waals surface area contributed by atoms with Gasteiger partial charge in [-0.2, -0.15) is 9.57 Å². The van der Waals surface area contributed by atoms with Gasteiger partial charge in [-0.15, -0.1) is 0 Å². The summed E-state index contributed by atoms with van der Waals surface area (Å²) >= 11 is 0. The average Bonchev–Trinajstić information content (AvgIpc) is 3.27. The van der Waals surface area contributed by atoms with E-state index in [-0.39, 0.29) is 22.8 Å². The van der Waals surface area contributed by atoms with E-state index in [4.69, 9.17) is 5.73 Å². The van der Waals surface area contributed by atoms with E-state index in [0.29, 0.717) is 42.5 Å². The predicted octanol–water partition coefficient (Wildman–Crippen LogP) is 3.60. The maximum atomic E-state index is 14.0. The Labute approximate surface area is 200 Å². The summed E-state index contributed by atoms with van der Waals surface area (Å²) in [6.07, 6.45) is 8.01. The number of aromatic nitrogens is 1. The molecule has 2 heterocycles. The summed E-state index contributed by atoms with van der Waals surface area (Å²) in [5, 5.41) is 10.6. The zero-order chi connectivity index (χ0) is 23.7. The van der Waals surface area contributed by atoms with Crippen molar-refractivity contribution in [2.75, 3.05) is 6.54 Å². The summed E-state index contributed by atoms with van der Waals surface area (Å²) in [5.41, 5.74) is 5.02. The Morgan fingerprint density at radius 1 is 1.18 bits per heavy atom. The van der Waals surface area contributed by atoms with Crippen molar-refractivity contribution in [2.45, 2.75) is 61.8 Å². The SMILES string of the molecule is N#CC12CC3CC(C1)C(C[C@]1(C(N)=O)CCCN1S(=O)(=O)c1cccc4cccnc14)C(C3)C2. The van der Waals surface area contributed by atoms with E-state index in [1.165, 1.54) is 4.31 Å². The molecule has 178 valence electrons. The molecule has 4 aliphatic carbocycles. The van der Waals surface area contributed by atoms with Crippen molar-refractivity contribution in [1.82, 2.24) is 9.29 Å². The van der Waals surface area contributed by atoms with Gasteiger partial charge in [-0.3, -0.25) is 9.78 Å². The molecule has 4 bridgehead atoms. The van der Waals surface area contributed by atoms with E-state index in [0.717, 1.165) is 37.5 Å². The lowest BCUT2D eigenvalue weighted by Crippen LogP contribution is -2.59. The highest BCUT2D eigenvalue weighted by Gasteiger charge is 2.60. The van der Waals surface area contributed by atoms with Crippen molar-refractivity contribution in [2.24, 2.45) is 34.8 Å². The van der Waals surface area contributed by atoms with E-state index in [9.17, 15) is 18.5 Å². The number of nitriles is 1. The molecule has 7 rings (SSSR count). The standard InChI is InChI=1S/C26H30N4O3S/c27-16-25-12-17-10-19(13-25)21(20(11-17)14-25)15-26(24(28)31)7-3-9-30(26)34(32,33)22-6-1-4-18-5-2-8-29-23(18)22/h1-2,4-6,8,17,19-21H,3,7,9-15H2,(H2,28,31)/t17?,19?,20?,21?,25?,26-/m0/s1. The van der Waals surface area contributed by atoms with Crippen molar-refractivity contribution in [3.05, 3.63) is 36.5 Å². The van der Waals surface area contributed by atoms with Crippen LogP contribution in [0.15, 0.2) is 41.4 Å². The third-order valence-electron chi connectivity index (χ3n) is 9.33. The molecule has 1 aromatic heterocycles. The van der Waals surface area contributed by atoms with Crippen molar-refractivity contribution >= 4 is 26.8 Å². The molecule has 5 fully saturated rings. The van der Waals surface area contributed by atoms with Crippen LogP contribution in [0.3, 0.4) is 0 Å². The minimum Gasteiger partial charge on any atom is -0.368 e.